The number of hydrogen-bond acceptors (Lipinski definition) is 4. The van der Waals surface area contributed by atoms with Gasteiger partial charge in [0.2, 0.25) is 5.91 Å². The predicted molar refractivity (Wildman–Crippen MR) is 81.4 cm³/mol. The van der Waals surface area contributed by atoms with Gasteiger partial charge in [-0.05, 0) is 38.9 Å². The minimum Gasteiger partial charge on any atom is -0.338 e. The molecule has 0 aromatic rings. The van der Waals surface area contributed by atoms with Crippen molar-refractivity contribution in [2.75, 3.05) is 38.2 Å². The van der Waals surface area contributed by atoms with E-state index in [1.165, 1.54) is 0 Å². The second kappa shape index (κ2) is 7.41. The molecule has 6 heteroatoms. The van der Waals surface area contributed by atoms with Gasteiger partial charge in [0, 0.05) is 18.3 Å². The molecule has 1 fully saturated rings. The van der Waals surface area contributed by atoms with Crippen LogP contribution in [0.5, 0.6) is 0 Å². The highest BCUT2D eigenvalue weighted by atomic mass is 32.2. The lowest BCUT2D eigenvalue weighted by Gasteiger charge is -2.38. The maximum atomic E-state index is 12.4. The Balaban J connectivity index is 2.75. The van der Waals surface area contributed by atoms with Gasteiger partial charge in [-0.15, -0.1) is 0 Å². The van der Waals surface area contributed by atoms with Gasteiger partial charge in [-0.2, -0.15) is 0 Å². The lowest BCUT2D eigenvalue weighted by molar-refractivity contribution is -0.132. The largest absolute Gasteiger partial charge is 0.338 e. The number of sulfone groups is 1. The van der Waals surface area contributed by atoms with E-state index in [9.17, 15) is 13.2 Å². The third kappa shape index (κ3) is 5.40. The summed E-state index contributed by atoms with van der Waals surface area (Å²) in [7, 11) is -1.17. The number of amides is 1. The molecule has 0 aliphatic carbocycles. The van der Waals surface area contributed by atoms with Crippen LogP contribution in [0, 0.1) is 5.92 Å². The van der Waals surface area contributed by atoms with Crippen molar-refractivity contribution in [2.24, 2.45) is 5.92 Å². The molecule has 0 spiro atoms. The summed E-state index contributed by atoms with van der Waals surface area (Å²) in [5.74, 6) is -0.192. The van der Waals surface area contributed by atoms with Crippen LogP contribution in [0.3, 0.4) is 0 Å². The highest BCUT2D eigenvalue weighted by Crippen LogP contribution is 2.18. The van der Waals surface area contributed by atoms with E-state index >= 15 is 0 Å². The predicted octanol–water partition coefficient (Wildman–Crippen LogP) is 1.000. The standard InChI is InChI=1S/C14H28N2O3S/c1-5-20(18,19)11-14(17)16(10-12(2)3)13-6-8-15(4)9-7-13/h12-13H,5-11H2,1-4H3. The molecule has 0 N–H and O–H groups in total. The summed E-state index contributed by atoms with van der Waals surface area (Å²) in [6.07, 6.45) is 1.86. The molecule has 20 heavy (non-hydrogen) atoms. The van der Waals surface area contributed by atoms with Crippen molar-refractivity contribution in [1.82, 2.24) is 9.80 Å². The van der Waals surface area contributed by atoms with Crippen LogP contribution in [-0.2, 0) is 14.6 Å². The maximum absolute atomic E-state index is 12.4. The van der Waals surface area contributed by atoms with Gasteiger partial charge in [0.05, 0.1) is 0 Å². The summed E-state index contributed by atoms with van der Waals surface area (Å²) in [6.45, 7) is 8.28. The van der Waals surface area contributed by atoms with Crippen molar-refractivity contribution in [3.05, 3.63) is 0 Å². The molecule has 1 amide bonds. The third-order valence-electron chi connectivity index (χ3n) is 3.79. The SMILES string of the molecule is CCS(=O)(=O)CC(=O)N(CC(C)C)C1CCN(C)CC1. The molecule has 1 saturated heterocycles. The Morgan fingerprint density at radius 1 is 1.30 bits per heavy atom. The third-order valence-corrected chi connectivity index (χ3v) is 5.36. The highest BCUT2D eigenvalue weighted by Gasteiger charge is 2.29. The normalized spacial score (nSPS) is 18.4. The number of hydrogen-bond donors (Lipinski definition) is 0. The molecule has 0 bridgehead atoms. The first-order valence-electron chi connectivity index (χ1n) is 7.43. The average Bonchev–Trinajstić information content (AvgIpc) is 2.36. The van der Waals surface area contributed by atoms with Crippen LogP contribution < -0.4 is 0 Å². The molecule has 118 valence electrons. The fourth-order valence-electron chi connectivity index (χ4n) is 2.53. The Hall–Kier alpha value is -0.620. The second-order valence-corrected chi connectivity index (χ2v) is 8.50. The number of rotatable bonds is 6. The summed E-state index contributed by atoms with van der Waals surface area (Å²) in [4.78, 5) is 16.4. The number of likely N-dealkylation sites (tertiary alicyclic amines) is 1. The maximum Gasteiger partial charge on any atom is 0.238 e. The Kier molecular flexibility index (Phi) is 6.45. The van der Waals surface area contributed by atoms with Crippen LogP contribution in [0.4, 0.5) is 0 Å². The zero-order valence-corrected chi connectivity index (χ0v) is 13.9. The first-order chi connectivity index (χ1) is 9.25. The molecule has 0 atom stereocenters. The van der Waals surface area contributed by atoms with Crippen LogP contribution >= 0.6 is 0 Å². The van der Waals surface area contributed by atoms with Crippen molar-refractivity contribution in [1.29, 1.82) is 0 Å². The summed E-state index contributed by atoms with van der Waals surface area (Å²) < 4.78 is 23.4. The zero-order chi connectivity index (χ0) is 15.3. The van der Waals surface area contributed by atoms with Crippen molar-refractivity contribution >= 4 is 15.7 Å². The Labute approximate surface area is 123 Å². The molecule has 0 radical (unpaired) electrons. The van der Waals surface area contributed by atoms with E-state index in [4.69, 9.17) is 0 Å². The fraction of sp³-hybridized carbons (Fsp3) is 0.929. The minimum absolute atomic E-state index is 0.0294. The quantitative estimate of drug-likeness (QED) is 0.734. The van der Waals surface area contributed by atoms with Gasteiger partial charge in [0.15, 0.2) is 9.84 Å². The van der Waals surface area contributed by atoms with Gasteiger partial charge in [-0.1, -0.05) is 20.8 Å². The molecule has 0 aromatic heterocycles. The smallest absolute Gasteiger partial charge is 0.238 e. The lowest BCUT2D eigenvalue weighted by atomic mass is 10.0. The molecular formula is C14H28N2O3S. The lowest BCUT2D eigenvalue weighted by Crippen LogP contribution is -2.49. The van der Waals surface area contributed by atoms with Gasteiger partial charge in [0.1, 0.15) is 5.75 Å². The average molecular weight is 304 g/mol. The molecule has 1 heterocycles. The van der Waals surface area contributed by atoms with E-state index in [1.807, 2.05) is 4.90 Å². The number of nitrogens with zero attached hydrogens (tertiary/aromatic N) is 2. The molecular weight excluding hydrogens is 276 g/mol. The van der Waals surface area contributed by atoms with Gasteiger partial charge < -0.3 is 9.80 Å². The Morgan fingerprint density at radius 3 is 2.30 bits per heavy atom. The van der Waals surface area contributed by atoms with Crippen LogP contribution in [-0.4, -0.2) is 68.4 Å². The monoisotopic (exact) mass is 304 g/mol. The van der Waals surface area contributed by atoms with Crippen LogP contribution in [0.2, 0.25) is 0 Å². The van der Waals surface area contributed by atoms with Crippen LogP contribution in [0.1, 0.15) is 33.6 Å². The van der Waals surface area contributed by atoms with Crippen LogP contribution in [0.15, 0.2) is 0 Å². The number of carbonyl (C=O) groups excluding carboxylic acids is 1. The fourth-order valence-corrected chi connectivity index (χ4v) is 3.27. The summed E-state index contributed by atoms with van der Waals surface area (Å²) >= 11 is 0. The van der Waals surface area contributed by atoms with E-state index in [0.717, 1.165) is 25.9 Å². The van der Waals surface area contributed by atoms with Crippen molar-refractivity contribution in [3.63, 3.8) is 0 Å². The van der Waals surface area contributed by atoms with E-state index in [0.29, 0.717) is 12.5 Å². The minimum atomic E-state index is -3.25. The van der Waals surface area contributed by atoms with Crippen LogP contribution in [0.25, 0.3) is 0 Å². The Bertz CT molecular complexity index is 412. The van der Waals surface area contributed by atoms with Gasteiger partial charge >= 0.3 is 0 Å². The van der Waals surface area contributed by atoms with E-state index < -0.39 is 9.84 Å². The first-order valence-corrected chi connectivity index (χ1v) is 9.25. The second-order valence-electron chi connectivity index (χ2n) is 6.15. The molecule has 0 saturated carbocycles. The van der Waals surface area contributed by atoms with E-state index in [-0.39, 0.29) is 23.5 Å². The molecule has 0 unspecified atom stereocenters. The number of carbonyl (C=O) groups is 1. The molecule has 1 aliphatic heterocycles. The number of piperidine rings is 1. The van der Waals surface area contributed by atoms with Crippen molar-refractivity contribution in [2.45, 2.75) is 39.7 Å². The molecule has 5 nitrogen and oxygen atoms in total. The van der Waals surface area contributed by atoms with Gasteiger partial charge in [-0.3, -0.25) is 4.79 Å². The highest BCUT2D eigenvalue weighted by molar-refractivity contribution is 7.92. The summed E-state index contributed by atoms with van der Waals surface area (Å²) in [5, 5.41) is 0. The molecule has 1 rings (SSSR count). The summed E-state index contributed by atoms with van der Waals surface area (Å²) in [5.41, 5.74) is 0. The van der Waals surface area contributed by atoms with E-state index in [1.54, 1.807) is 6.92 Å². The topological polar surface area (TPSA) is 57.7 Å². The Morgan fingerprint density at radius 2 is 1.85 bits per heavy atom. The van der Waals surface area contributed by atoms with E-state index in [2.05, 4.69) is 25.8 Å². The first kappa shape index (κ1) is 17.4. The summed E-state index contributed by atoms with van der Waals surface area (Å²) in [6, 6.07) is 0.188. The zero-order valence-electron chi connectivity index (χ0n) is 13.1. The molecule has 0 aromatic carbocycles. The van der Waals surface area contributed by atoms with Gasteiger partial charge in [0.25, 0.3) is 0 Å². The van der Waals surface area contributed by atoms with Crippen molar-refractivity contribution < 1.29 is 13.2 Å². The van der Waals surface area contributed by atoms with Gasteiger partial charge in [-0.25, -0.2) is 8.42 Å². The molecule has 1 aliphatic rings. The van der Waals surface area contributed by atoms with Crippen molar-refractivity contribution in [3.8, 4) is 0 Å².